The van der Waals surface area contributed by atoms with Gasteiger partial charge in [0.25, 0.3) is 0 Å². The molecular formula is C15H10BrF3NO. The van der Waals surface area contributed by atoms with E-state index in [4.69, 9.17) is 4.84 Å². The summed E-state index contributed by atoms with van der Waals surface area (Å²) in [7, 11) is 0. The number of halogens is 4. The van der Waals surface area contributed by atoms with Gasteiger partial charge >= 0.3 is 6.18 Å². The van der Waals surface area contributed by atoms with Gasteiger partial charge in [0.1, 0.15) is 12.8 Å². The number of benzene rings is 2. The van der Waals surface area contributed by atoms with E-state index in [0.717, 1.165) is 10.5 Å². The Labute approximate surface area is 128 Å². The van der Waals surface area contributed by atoms with Gasteiger partial charge in [0.15, 0.2) is 0 Å². The van der Waals surface area contributed by atoms with E-state index in [2.05, 4.69) is 27.3 Å². The number of alkyl halides is 3. The van der Waals surface area contributed by atoms with Crippen LogP contribution in [-0.2, 0) is 17.6 Å². The van der Waals surface area contributed by atoms with E-state index in [1.165, 1.54) is 18.2 Å². The lowest BCUT2D eigenvalue weighted by atomic mass is 10.1. The van der Waals surface area contributed by atoms with Gasteiger partial charge in [-0.05, 0) is 18.2 Å². The van der Waals surface area contributed by atoms with Crippen molar-refractivity contribution in [3.8, 4) is 0 Å². The van der Waals surface area contributed by atoms with E-state index in [1.54, 1.807) is 24.3 Å². The van der Waals surface area contributed by atoms with E-state index in [0.29, 0.717) is 5.56 Å². The molecule has 0 saturated heterocycles. The third-order valence-electron chi connectivity index (χ3n) is 2.63. The van der Waals surface area contributed by atoms with E-state index in [-0.39, 0.29) is 12.2 Å². The molecule has 2 aromatic rings. The molecule has 0 spiro atoms. The highest BCUT2D eigenvalue weighted by Crippen LogP contribution is 2.32. The number of hydrogen-bond donors (Lipinski definition) is 0. The fraction of sp³-hybridized carbons (Fsp3) is 0.133. The predicted octanol–water partition coefficient (Wildman–Crippen LogP) is 4.90. The van der Waals surface area contributed by atoms with Crippen LogP contribution in [0.15, 0.2) is 58.2 Å². The van der Waals surface area contributed by atoms with Crippen LogP contribution >= 0.6 is 15.9 Å². The number of rotatable bonds is 4. The normalized spacial score (nSPS) is 11.8. The van der Waals surface area contributed by atoms with Crippen molar-refractivity contribution in [2.75, 3.05) is 0 Å². The van der Waals surface area contributed by atoms with Crippen LogP contribution in [0.2, 0.25) is 0 Å². The molecular weight excluding hydrogens is 347 g/mol. The first-order valence-electron chi connectivity index (χ1n) is 5.95. The molecule has 0 heterocycles. The molecule has 0 saturated carbocycles. The first-order valence-corrected chi connectivity index (χ1v) is 6.75. The third kappa shape index (κ3) is 4.60. The Morgan fingerprint density at radius 3 is 2.38 bits per heavy atom. The highest BCUT2D eigenvalue weighted by Gasteiger charge is 2.32. The first kappa shape index (κ1) is 15.6. The summed E-state index contributed by atoms with van der Waals surface area (Å²) in [5.74, 6) is 0. The van der Waals surface area contributed by atoms with Gasteiger partial charge in [-0.3, -0.25) is 0 Å². The van der Waals surface area contributed by atoms with Crippen molar-refractivity contribution in [3.05, 3.63) is 69.7 Å². The fourth-order valence-electron chi connectivity index (χ4n) is 1.63. The van der Waals surface area contributed by atoms with E-state index >= 15 is 0 Å². The molecule has 21 heavy (non-hydrogen) atoms. The molecule has 0 aliphatic heterocycles. The largest absolute Gasteiger partial charge is 0.416 e. The zero-order valence-electron chi connectivity index (χ0n) is 10.7. The number of hydrogen-bond acceptors (Lipinski definition) is 2. The highest BCUT2D eigenvalue weighted by atomic mass is 79.9. The minimum atomic E-state index is -4.40. The Morgan fingerprint density at radius 2 is 1.71 bits per heavy atom. The second-order valence-corrected chi connectivity index (χ2v) is 5.05. The maximum Gasteiger partial charge on any atom is 0.416 e. The Balaban J connectivity index is 1.99. The summed E-state index contributed by atoms with van der Waals surface area (Å²) in [5.41, 5.74) is -0.0162. The Morgan fingerprint density at radius 1 is 1.05 bits per heavy atom. The van der Waals surface area contributed by atoms with Gasteiger partial charge in [-0.25, -0.2) is 0 Å². The van der Waals surface area contributed by atoms with Crippen LogP contribution in [0.25, 0.3) is 0 Å². The predicted molar refractivity (Wildman–Crippen MR) is 76.9 cm³/mol. The molecule has 0 amide bonds. The van der Waals surface area contributed by atoms with Crippen LogP contribution in [0.1, 0.15) is 16.7 Å². The topological polar surface area (TPSA) is 21.6 Å². The molecule has 0 atom stereocenters. The molecule has 2 nitrogen and oxygen atoms in total. The Hall–Kier alpha value is -1.82. The molecule has 1 radical (unpaired) electrons. The van der Waals surface area contributed by atoms with Crippen LogP contribution in [0, 0.1) is 0 Å². The summed E-state index contributed by atoms with van der Waals surface area (Å²) in [5, 5.41) is 3.56. The van der Waals surface area contributed by atoms with Gasteiger partial charge < -0.3 is 4.84 Å². The molecule has 2 rings (SSSR count). The monoisotopic (exact) mass is 356 g/mol. The van der Waals surface area contributed by atoms with Crippen LogP contribution in [-0.4, -0.2) is 6.21 Å². The van der Waals surface area contributed by atoms with Gasteiger partial charge in [0, 0.05) is 15.6 Å². The SMILES string of the molecule is FC(F)(F)c1ccccc1CO/N=[C]\c1ccc(Br)cc1. The van der Waals surface area contributed by atoms with Gasteiger partial charge in [0.05, 0.1) is 5.56 Å². The van der Waals surface area contributed by atoms with Crippen molar-refractivity contribution in [3.63, 3.8) is 0 Å². The molecule has 0 fully saturated rings. The molecule has 0 aliphatic rings. The van der Waals surface area contributed by atoms with Gasteiger partial charge in [-0.1, -0.05) is 51.4 Å². The summed E-state index contributed by atoms with van der Waals surface area (Å²) in [6.45, 7) is -0.265. The average Bonchev–Trinajstić information content (AvgIpc) is 2.45. The smallest absolute Gasteiger partial charge is 0.390 e. The number of nitrogens with zero attached hydrogens (tertiary/aromatic N) is 1. The van der Waals surface area contributed by atoms with Crippen LogP contribution in [0.4, 0.5) is 13.2 Å². The summed E-state index contributed by atoms with van der Waals surface area (Å²) < 4.78 is 39.2. The third-order valence-corrected chi connectivity index (χ3v) is 3.15. The highest BCUT2D eigenvalue weighted by molar-refractivity contribution is 9.10. The molecule has 109 valence electrons. The summed E-state index contributed by atoms with van der Waals surface area (Å²) in [4.78, 5) is 4.89. The quantitative estimate of drug-likeness (QED) is 0.564. The van der Waals surface area contributed by atoms with Crippen LogP contribution in [0.5, 0.6) is 0 Å². The molecule has 0 bridgehead atoms. The van der Waals surface area contributed by atoms with Gasteiger partial charge in [0.2, 0.25) is 0 Å². The van der Waals surface area contributed by atoms with Gasteiger partial charge in [-0.15, -0.1) is 0 Å². The van der Waals surface area contributed by atoms with Gasteiger partial charge in [-0.2, -0.15) is 13.2 Å². The maximum absolute atomic E-state index is 12.8. The molecule has 0 aromatic heterocycles. The van der Waals surface area contributed by atoms with E-state index in [1.807, 2.05) is 0 Å². The Kier molecular flexibility index (Phi) is 5.01. The lowest BCUT2D eigenvalue weighted by Crippen LogP contribution is -2.09. The lowest BCUT2D eigenvalue weighted by molar-refractivity contribution is -0.138. The summed E-state index contributed by atoms with van der Waals surface area (Å²) in [6, 6.07) is 12.3. The average molecular weight is 357 g/mol. The molecule has 0 aliphatic carbocycles. The van der Waals surface area contributed by atoms with E-state index in [9.17, 15) is 13.2 Å². The van der Waals surface area contributed by atoms with Crippen LogP contribution in [0.3, 0.4) is 0 Å². The van der Waals surface area contributed by atoms with Crippen molar-refractivity contribution in [1.82, 2.24) is 0 Å². The van der Waals surface area contributed by atoms with Crippen molar-refractivity contribution in [2.45, 2.75) is 12.8 Å². The maximum atomic E-state index is 12.8. The summed E-state index contributed by atoms with van der Waals surface area (Å²) in [6.07, 6.45) is -1.80. The van der Waals surface area contributed by atoms with Crippen molar-refractivity contribution >= 4 is 22.1 Å². The molecule has 0 unspecified atom stereocenters. The molecule has 2 aromatic carbocycles. The van der Waals surface area contributed by atoms with Crippen molar-refractivity contribution in [2.24, 2.45) is 5.16 Å². The second-order valence-electron chi connectivity index (χ2n) is 4.14. The zero-order chi connectivity index (χ0) is 15.3. The zero-order valence-corrected chi connectivity index (χ0v) is 12.3. The van der Waals surface area contributed by atoms with E-state index < -0.39 is 11.7 Å². The van der Waals surface area contributed by atoms with Crippen molar-refractivity contribution < 1.29 is 18.0 Å². The minimum Gasteiger partial charge on any atom is -0.390 e. The second kappa shape index (κ2) is 6.76. The molecule has 0 N–H and O–H groups in total. The lowest BCUT2D eigenvalue weighted by Gasteiger charge is -2.11. The molecule has 6 heteroatoms. The minimum absolute atomic E-state index is 0.0337. The fourth-order valence-corrected chi connectivity index (χ4v) is 1.90. The van der Waals surface area contributed by atoms with Crippen molar-refractivity contribution in [1.29, 1.82) is 0 Å². The first-order chi connectivity index (χ1) is 9.97. The van der Waals surface area contributed by atoms with Crippen LogP contribution < -0.4 is 0 Å². The standard InChI is InChI=1S/C15H10BrF3NO/c16-13-7-5-11(6-8-13)9-20-21-10-12-3-1-2-4-14(12)15(17,18)19/h1-8H,10H2. The Bertz CT molecular complexity index is 624. The summed E-state index contributed by atoms with van der Waals surface area (Å²) >= 11 is 3.29.